The van der Waals surface area contributed by atoms with Crippen molar-refractivity contribution in [2.75, 3.05) is 25.0 Å². The van der Waals surface area contributed by atoms with E-state index >= 15 is 0 Å². The van der Waals surface area contributed by atoms with E-state index in [9.17, 15) is 18.0 Å². The number of likely N-dealkylation sites (tertiary alicyclic amines) is 1. The maximum absolute atomic E-state index is 12.8. The van der Waals surface area contributed by atoms with Crippen LogP contribution in [0.25, 0.3) is 0 Å². The zero-order valence-corrected chi connectivity index (χ0v) is 15.1. The van der Waals surface area contributed by atoms with Crippen LogP contribution in [-0.2, 0) is 11.0 Å². The van der Waals surface area contributed by atoms with Crippen molar-refractivity contribution in [1.82, 2.24) is 4.90 Å². The number of rotatable bonds is 4. The second-order valence-electron chi connectivity index (χ2n) is 6.62. The number of halogens is 4. The van der Waals surface area contributed by atoms with Crippen molar-refractivity contribution in [3.8, 4) is 0 Å². The Bertz CT molecular complexity index is 814. The second kappa shape index (κ2) is 7.88. The molecule has 0 aliphatic carbocycles. The molecule has 3 N–H and O–H groups in total. The van der Waals surface area contributed by atoms with E-state index in [1.165, 1.54) is 0 Å². The molecule has 1 aliphatic rings. The topological polar surface area (TPSA) is 58.4 Å². The summed E-state index contributed by atoms with van der Waals surface area (Å²) >= 11 is 5.92. The number of alkyl halides is 3. The Morgan fingerprint density at radius 2 is 1.89 bits per heavy atom. The van der Waals surface area contributed by atoms with Crippen LogP contribution < -0.4 is 11.1 Å². The Hall–Kier alpha value is -2.09. The van der Waals surface area contributed by atoms with Crippen LogP contribution in [-0.4, -0.2) is 36.5 Å². The van der Waals surface area contributed by atoms with Crippen molar-refractivity contribution in [2.45, 2.75) is 18.1 Å². The molecule has 0 aromatic heterocycles. The van der Waals surface area contributed by atoms with Crippen molar-refractivity contribution in [1.29, 1.82) is 0 Å². The highest BCUT2D eigenvalue weighted by Crippen LogP contribution is 2.34. The summed E-state index contributed by atoms with van der Waals surface area (Å²) in [4.78, 5) is 14.2. The zero-order valence-electron chi connectivity index (χ0n) is 14.3. The van der Waals surface area contributed by atoms with Crippen LogP contribution in [0.4, 0.5) is 18.9 Å². The summed E-state index contributed by atoms with van der Waals surface area (Å²) in [7, 11) is 0. The molecule has 1 aliphatic heterocycles. The first kappa shape index (κ1) is 19.7. The van der Waals surface area contributed by atoms with Gasteiger partial charge in [-0.05, 0) is 23.8 Å². The average Bonchev–Trinajstić information content (AvgIpc) is 2.96. The van der Waals surface area contributed by atoms with Gasteiger partial charge in [-0.1, -0.05) is 41.9 Å². The largest absolute Gasteiger partial charge is 0.416 e. The number of nitrogens with zero attached hydrogens (tertiary/aromatic N) is 1. The number of carbonyl (C=O) groups is 1. The molecule has 144 valence electrons. The average molecular weight is 398 g/mol. The van der Waals surface area contributed by atoms with Gasteiger partial charge < -0.3 is 11.1 Å². The Balaban J connectivity index is 1.64. The first-order valence-corrected chi connectivity index (χ1v) is 8.81. The molecule has 27 heavy (non-hydrogen) atoms. The van der Waals surface area contributed by atoms with Gasteiger partial charge in [0.1, 0.15) is 0 Å². The third-order valence-electron chi connectivity index (χ3n) is 4.60. The fourth-order valence-electron chi connectivity index (χ4n) is 3.29. The Morgan fingerprint density at radius 3 is 2.56 bits per heavy atom. The van der Waals surface area contributed by atoms with Crippen molar-refractivity contribution in [3.63, 3.8) is 0 Å². The highest BCUT2D eigenvalue weighted by Gasteiger charge is 2.33. The number of anilines is 1. The van der Waals surface area contributed by atoms with Gasteiger partial charge in [0.15, 0.2) is 0 Å². The number of amides is 1. The van der Waals surface area contributed by atoms with E-state index in [0.29, 0.717) is 13.1 Å². The normalized spacial score (nSPS) is 20.6. The molecular weight excluding hydrogens is 379 g/mol. The molecule has 2 aromatic carbocycles. The number of carbonyl (C=O) groups excluding carboxylic acids is 1. The number of hydrogen-bond donors (Lipinski definition) is 2. The van der Waals surface area contributed by atoms with Gasteiger partial charge >= 0.3 is 6.18 Å². The standard InChI is InChI=1S/C19H19ClF3N3O/c20-15-7-6-13(19(21,22)23)8-17(15)25-18(27)11-26-9-14(16(24)10-26)12-4-2-1-3-5-12/h1-8,14,16H,9-11,24H2,(H,25,27)/t14-,16+/m0/s1. The molecule has 2 aromatic rings. The van der Waals surface area contributed by atoms with E-state index in [1.54, 1.807) is 0 Å². The number of benzene rings is 2. The summed E-state index contributed by atoms with van der Waals surface area (Å²) in [5, 5.41) is 2.52. The van der Waals surface area contributed by atoms with E-state index in [4.69, 9.17) is 17.3 Å². The minimum Gasteiger partial charge on any atom is -0.326 e. The molecule has 2 atom stereocenters. The highest BCUT2D eigenvalue weighted by molar-refractivity contribution is 6.33. The summed E-state index contributed by atoms with van der Waals surface area (Å²) < 4.78 is 38.5. The van der Waals surface area contributed by atoms with Gasteiger partial charge in [0.25, 0.3) is 0 Å². The van der Waals surface area contributed by atoms with Crippen LogP contribution in [0.15, 0.2) is 48.5 Å². The van der Waals surface area contributed by atoms with Crippen LogP contribution >= 0.6 is 11.6 Å². The first-order valence-electron chi connectivity index (χ1n) is 8.43. The Morgan fingerprint density at radius 1 is 1.19 bits per heavy atom. The van der Waals surface area contributed by atoms with Crippen molar-refractivity contribution >= 4 is 23.2 Å². The second-order valence-corrected chi connectivity index (χ2v) is 7.02. The monoisotopic (exact) mass is 397 g/mol. The van der Waals surface area contributed by atoms with Gasteiger partial charge in [-0.15, -0.1) is 0 Å². The van der Waals surface area contributed by atoms with Crippen LogP contribution in [0.5, 0.6) is 0 Å². The molecule has 3 rings (SSSR count). The number of hydrogen-bond acceptors (Lipinski definition) is 3. The Kier molecular flexibility index (Phi) is 5.74. The summed E-state index contributed by atoms with van der Waals surface area (Å²) in [6, 6.07) is 12.5. The molecule has 1 amide bonds. The van der Waals surface area contributed by atoms with Crippen LogP contribution in [0.1, 0.15) is 17.0 Å². The van der Waals surface area contributed by atoms with E-state index in [1.807, 2.05) is 35.2 Å². The molecule has 0 saturated carbocycles. The Labute approximate surface area is 160 Å². The van der Waals surface area contributed by atoms with Gasteiger partial charge in [0, 0.05) is 25.0 Å². The fraction of sp³-hybridized carbons (Fsp3) is 0.316. The molecule has 1 saturated heterocycles. The predicted octanol–water partition coefficient (Wildman–Crippen LogP) is 3.72. The van der Waals surface area contributed by atoms with Crippen LogP contribution in [0.3, 0.4) is 0 Å². The van der Waals surface area contributed by atoms with Crippen LogP contribution in [0, 0.1) is 0 Å². The lowest BCUT2D eigenvalue weighted by molar-refractivity contribution is -0.137. The summed E-state index contributed by atoms with van der Waals surface area (Å²) in [5.41, 5.74) is 6.39. The minimum absolute atomic E-state index is 0.0314. The van der Waals surface area contributed by atoms with Gasteiger partial charge in [0.2, 0.25) is 5.91 Å². The molecule has 1 fully saturated rings. The molecule has 8 heteroatoms. The summed E-state index contributed by atoms with van der Waals surface area (Å²) in [6.45, 7) is 1.17. The third-order valence-corrected chi connectivity index (χ3v) is 4.93. The quantitative estimate of drug-likeness (QED) is 0.826. The third kappa shape index (κ3) is 4.80. The summed E-state index contributed by atoms with van der Waals surface area (Å²) in [6.07, 6.45) is -4.51. The lowest BCUT2D eigenvalue weighted by atomic mass is 9.95. The highest BCUT2D eigenvalue weighted by atomic mass is 35.5. The van der Waals surface area contributed by atoms with E-state index in [-0.39, 0.29) is 29.2 Å². The van der Waals surface area contributed by atoms with Crippen molar-refractivity contribution in [3.05, 3.63) is 64.7 Å². The lowest BCUT2D eigenvalue weighted by Gasteiger charge is -2.17. The fourth-order valence-corrected chi connectivity index (χ4v) is 3.45. The van der Waals surface area contributed by atoms with Gasteiger partial charge in [-0.25, -0.2) is 0 Å². The SMILES string of the molecule is N[C@@H]1CN(CC(=O)Nc2cc(C(F)(F)F)ccc2Cl)C[C@H]1c1ccccc1. The zero-order chi connectivity index (χ0) is 19.6. The van der Waals surface area contributed by atoms with Gasteiger partial charge in [-0.2, -0.15) is 13.2 Å². The first-order chi connectivity index (χ1) is 12.7. The molecule has 0 radical (unpaired) electrons. The molecular formula is C19H19ClF3N3O. The number of nitrogens with one attached hydrogen (secondary N) is 1. The smallest absolute Gasteiger partial charge is 0.326 e. The predicted molar refractivity (Wildman–Crippen MR) is 98.7 cm³/mol. The van der Waals surface area contributed by atoms with Crippen LogP contribution in [0.2, 0.25) is 5.02 Å². The molecule has 4 nitrogen and oxygen atoms in total. The van der Waals surface area contributed by atoms with E-state index in [2.05, 4.69) is 5.32 Å². The van der Waals surface area contributed by atoms with Crippen molar-refractivity contribution < 1.29 is 18.0 Å². The van der Waals surface area contributed by atoms with Gasteiger partial charge in [-0.3, -0.25) is 9.69 Å². The van der Waals surface area contributed by atoms with E-state index in [0.717, 1.165) is 23.8 Å². The minimum atomic E-state index is -4.51. The molecule has 0 spiro atoms. The van der Waals surface area contributed by atoms with Crippen molar-refractivity contribution in [2.24, 2.45) is 5.73 Å². The molecule has 1 heterocycles. The molecule has 0 bridgehead atoms. The number of nitrogens with two attached hydrogens (primary N) is 1. The maximum Gasteiger partial charge on any atom is 0.416 e. The summed E-state index contributed by atoms with van der Waals surface area (Å²) in [5.74, 6) is -0.326. The van der Waals surface area contributed by atoms with E-state index < -0.39 is 17.6 Å². The van der Waals surface area contributed by atoms with Gasteiger partial charge in [0.05, 0.1) is 22.8 Å². The maximum atomic E-state index is 12.8. The molecule has 0 unspecified atom stereocenters. The lowest BCUT2D eigenvalue weighted by Crippen LogP contribution is -2.33.